The number of likely N-dealkylation sites (tertiary alicyclic amines) is 1. The maximum atomic E-state index is 12.6. The topological polar surface area (TPSA) is 62.3 Å². The number of hydrogen-bond donors (Lipinski definition) is 1. The number of hydrogen-bond acceptors (Lipinski definition) is 5. The van der Waals surface area contributed by atoms with Gasteiger partial charge in [-0.05, 0) is 30.9 Å². The maximum Gasteiger partial charge on any atom is 0.273 e. The second-order valence-corrected chi connectivity index (χ2v) is 8.39. The summed E-state index contributed by atoms with van der Waals surface area (Å²) in [7, 11) is 0. The molecule has 5 nitrogen and oxygen atoms in total. The standard InChI is InChI=1S/C16H18ClN3O2S2/c1-10(21)18-8-11-4-6-20(7-5-11)16(22)12-9-23-15(19-12)13-2-3-14(17)24-13/h2-3,9,11H,4-8H2,1H3,(H,18,21). The number of nitrogens with zero attached hydrogens (tertiary/aromatic N) is 2. The average Bonchev–Trinajstić information content (AvgIpc) is 3.21. The largest absolute Gasteiger partial charge is 0.356 e. The fraction of sp³-hybridized carbons (Fsp3) is 0.438. The maximum absolute atomic E-state index is 12.6. The zero-order chi connectivity index (χ0) is 17.1. The molecular weight excluding hydrogens is 366 g/mol. The molecule has 0 unspecified atom stereocenters. The SMILES string of the molecule is CC(=O)NCC1CCN(C(=O)c2csc(-c3ccc(Cl)s3)n2)CC1. The first-order valence-corrected chi connectivity index (χ1v) is 9.85. The monoisotopic (exact) mass is 383 g/mol. The van der Waals surface area contributed by atoms with Gasteiger partial charge in [0.25, 0.3) is 5.91 Å². The van der Waals surface area contributed by atoms with Gasteiger partial charge < -0.3 is 10.2 Å². The van der Waals surface area contributed by atoms with Gasteiger partial charge in [0.2, 0.25) is 5.91 Å². The highest BCUT2D eigenvalue weighted by atomic mass is 35.5. The predicted octanol–water partition coefficient (Wildman–Crippen LogP) is 3.51. The normalized spacial score (nSPS) is 15.5. The van der Waals surface area contributed by atoms with Crippen LogP contribution in [0.3, 0.4) is 0 Å². The number of amides is 2. The molecule has 2 amide bonds. The molecule has 1 aliphatic rings. The van der Waals surface area contributed by atoms with Crippen molar-refractivity contribution in [3.05, 3.63) is 27.5 Å². The lowest BCUT2D eigenvalue weighted by Gasteiger charge is -2.31. The minimum Gasteiger partial charge on any atom is -0.356 e. The highest BCUT2D eigenvalue weighted by molar-refractivity contribution is 7.23. The zero-order valence-corrected chi connectivity index (χ0v) is 15.6. The lowest BCUT2D eigenvalue weighted by molar-refractivity contribution is -0.119. The van der Waals surface area contributed by atoms with Gasteiger partial charge in [-0.2, -0.15) is 0 Å². The van der Waals surface area contributed by atoms with Gasteiger partial charge in [-0.1, -0.05) is 11.6 Å². The number of thiazole rings is 1. The summed E-state index contributed by atoms with van der Waals surface area (Å²) in [5.74, 6) is 0.424. The highest BCUT2D eigenvalue weighted by Crippen LogP contribution is 2.33. The fourth-order valence-electron chi connectivity index (χ4n) is 2.70. The molecule has 0 aliphatic carbocycles. The molecule has 1 saturated heterocycles. The molecule has 2 aromatic heterocycles. The second kappa shape index (κ2) is 7.63. The first kappa shape index (κ1) is 17.4. The van der Waals surface area contributed by atoms with Crippen molar-refractivity contribution in [1.29, 1.82) is 0 Å². The molecule has 0 aromatic carbocycles. The smallest absolute Gasteiger partial charge is 0.273 e. The second-order valence-electron chi connectivity index (χ2n) is 5.81. The quantitative estimate of drug-likeness (QED) is 0.878. The molecule has 2 aromatic rings. The van der Waals surface area contributed by atoms with Crippen LogP contribution < -0.4 is 5.32 Å². The number of carbonyl (C=O) groups excluding carboxylic acids is 2. The number of halogens is 1. The van der Waals surface area contributed by atoms with E-state index in [1.165, 1.54) is 29.6 Å². The third-order valence-corrected chi connectivity index (χ3v) is 6.29. The lowest BCUT2D eigenvalue weighted by atomic mass is 9.96. The Morgan fingerprint density at radius 2 is 2.12 bits per heavy atom. The molecule has 8 heteroatoms. The van der Waals surface area contributed by atoms with Crippen molar-refractivity contribution in [2.75, 3.05) is 19.6 Å². The van der Waals surface area contributed by atoms with Crippen LogP contribution in [0.2, 0.25) is 4.34 Å². The van der Waals surface area contributed by atoms with Crippen LogP contribution in [0.25, 0.3) is 9.88 Å². The van der Waals surface area contributed by atoms with Gasteiger partial charge in [-0.25, -0.2) is 4.98 Å². The van der Waals surface area contributed by atoms with E-state index in [2.05, 4.69) is 10.3 Å². The lowest BCUT2D eigenvalue weighted by Crippen LogP contribution is -2.41. The van der Waals surface area contributed by atoms with Crippen molar-refractivity contribution in [1.82, 2.24) is 15.2 Å². The Balaban J connectivity index is 1.58. The van der Waals surface area contributed by atoms with Gasteiger partial charge in [-0.15, -0.1) is 22.7 Å². The first-order valence-electron chi connectivity index (χ1n) is 7.78. The van der Waals surface area contributed by atoms with Crippen molar-refractivity contribution in [2.45, 2.75) is 19.8 Å². The molecule has 0 radical (unpaired) electrons. The van der Waals surface area contributed by atoms with E-state index < -0.39 is 0 Å². The Morgan fingerprint density at radius 1 is 1.38 bits per heavy atom. The molecule has 1 fully saturated rings. The van der Waals surface area contributed by atoms with E-state index in [1.54, 1.807) is 0 Å². The van der Waals surface area contributed by atoms with E-state index in [4.69, 9.17) is 11.6 Å². The summed E-state index contributed by atoms with van der Waals surface area (Å²) in [5, 5.41) is 5.50. The Morgan fingerprint density at radius 3 is 2.75 bits per heavy atom. The number of rotatable bonds is 4. The van der Waals surface area contributed by atoms with E-state index in [-0.39, 0.29) is 11.8 Å². The molecule has 1 aliphatic heterocycles. The van der Waals surface area contributed by atoms with E-state index in [9.17, 15) is 9.59 Å². The summed E-state index contributed by atoms with van der Waals surface area (Å²) in [6.45, 7) is 3.64. The summed E-state index contributed by atoms with van der Waals surface area (Å²) >= 11 is 8.88. The Bertz CT molecular complexity index is 735. The molecular formula is C16H18ClN3O2S2. The van der Waals surface area contributed by atoms with Crippen molar-refractivity contribution < 1.29 is 9.59 Å². The summed E-state index contributed by atoms with van der Waals surface area (Å²) in [4.78, 5) is 30.9. The number of piperidine rings is 1. The summed E-state index contributed by atoms with van der Waals surface area (Å²) < 4.78 is 0.717. The summed E-state index contributed by atoms with van der Waals surface area (Å²) in [6.07, 6.45) is 1.81. The summed E-state index contributed by atoms with van der Waals surface area (Å²) in [6, 6.07) is 3.76. The molecule has 1 N–H and O–H groups in total. The van der Waals surface area contributed by atoms with Crippen LogP contribution in [0.5, 0.6) is 0 Å². The van der Waals surface area contributed by atoms with Gasteiger partial charge in [0.1, 0.15) is 10.7 Å². The Hall–Kier alpha value is -1.44. The average molecular weight is 384 g/mol. The highest BCUT2D eigenvalue weighted by Gasteiger charge is 2.25. The van der Waals surface area contributed by atoms with E-state index in [1.807, 2.05) is 22.4 Å². The first-order chi connectivity index (χ1) is 11.5. The molecule has 24 heavy (non-hydrogen) atoms. The van der Waals surface area contributed by atoms with Crippen LogP contribution in [0.15, 0.2) is 17.5 Å². The van der Waals surface area contributed by atoms with Gasteiger partial charge in [0.15, 0.2) is 0 Å². The van der Waals surface area contributed by atoms with Crippen LogP contribution in [0.4, 0.5) is 0 Å². The van der Waals surface area contributed by atoms with Crippen molar-refractivity contribution in [2.24, 2.45) is 5.92 Å². The molecule has 0 bridgehead atoms. The van der Waals surface area contributed by atoms with Crippen LogP contribution >= 0.6 is 34.3 Å². The van der Waals surface area contributed by atoms with Crippen LogP contribution in [0.1, 0.15) is 30.3 Å². The van der Waals surface area contributed by atoms with Crippen molar-refractivity contribution in [3.8, 4) is 9.88 Å². The molecule has 0 saturated carbocycles. The molecule has 3 rings (SSSR count). The van der Waals surface area contributed by atoms with Crippen LogP contribution in [0, 0.1) is 5.92 Å². The van der Waals surface area contributed by atoms with Crippen molar-refractivity contribution >= 4 is 46.1 Å². The van der Waals surface area contributed by atoms with Crippen molar-refractivity contribution in [3.63, 3.8) is 0 Å². The fourth-order valence-corrected chi connectivity index (χ4v) is 4.61. The predicted molar refractivity (Wildman–Crippen MR) is 97.7 cm³/mol. The molecule has 0 spiro atoms. The number of nitrogens with one attached hydrogen (secondary N) is 1. The molecule has 0 atom stereocenters. The zero-order valence-electron chi connectivity index (χ0n) is 13.3. The number of thiophene rings is 1. The number of carbonyl (C=O) groups is 2. The minimum atomic E-state index is -0.0156. The van der Waals surface area contributed by atoms with E-state index in [0.717, 1.165) is 22.7 Å². The third kappa shape index (κ3) is 4.15. The van der Waals surface area contributed by atoms with E-state index >= 15 is 0 Å². The minimum absolute atomic E-state index is 0.00260. The number of aromatic nitrogens is 1. The third-order valence-electron chi connectivity index (χ3n) is 4.05. The molecule has 128 valence electrons. The van der Waals surface area contributed by atoms with Crippen LogP contribution in [-0.4, -0.2) is 41.3 Å². The van der Waals surface area contributed by atoms with Gasteiger partial charge >= 0.3 is 0 Å². The van der Waals surface area contributed by atoms with Gasteiger partial charge in [0.05, 0.1) is 9.21 Å². The molecule has 3 heterocycles. The van der Waals surface area contributed by atoms with E-state index in [0.29, 0.717) is 35.6 Å². The van der Waals surface area contributed by atoms with Gasteiger partial charge in [-0.3, -0.25) is 9.59 Å². The Kier molecular flexibility index (Phi) is 5.53. The Labute approximate surface area is 153 Å². The summed E-state index contributed by atoms with van der Waals surface area (Å²) in [5.41, 5.74) is 0.500. The van der Waals surface area contributed by atoms with Gasteiger partial charge in [0, 0.05) is 31.9 Å². The van der Waals surface area contributed by atoms with Crippen LogP contribution in [-0.2, 0) is 4.79 Å².